The van der Waals surface area contributed by atoms with Crippen LogP contribution in [-0.2, 0) is 5.04 Å². The molecule has 0 N–H and O–H groups in total. The van der Waals surface area contributed by atoms with E-state index in [-0.39, 0.29) is 5.04 Å². The first-order valence-corrected chi connectivity index (χ1v) is 6.65. The lowest BCUT2D eigenvalue weighted by atomic mass is 9.95. The third kappa shape index (κ3) is 3.20. The highest BCUT2D eigenvalue weighted by Crippen LogP contribution is 2.24. The van der Waals surface area contributed by atoms with Crippen LogP contribution in [0, 0.1) is 0 Å². The largest absolute Gasteiger partial charge is 0.0622 e. The Hall–Kier alpha value is -1.60. The Kier molecular flexibility index (Phi) is 3.83. The van der Waals surface area contributed by atoms with E-state index >= 15 is 0 Å². The van der Waals surface area contributed by atoms with E-state index in [1.165, 1.54) is 16.7 Å². The van der Waals surface area contributed by atoms with Gasteiger partial charge in [0.15, 0.2) is 0 Å². The first-order chi connectivity index (χ1) is 8.57. The molecule has 2 aromatic rings. The van der Waals surface area contributed by atoms with Gasteiger partial charge >= 0.3 is 0 Å². The van der Waals surface area contributed by atoms with E-state index in [4.69, 9.17) is 0 Å². The van der Waals surface area contributed by atoms with Crippen LogP contribution >= 0.6 is 0 Å². The van der Waals surface area contributed by atoms with Gasteiger partial charge in [0.25, 0.3) is 0 Å². The molecule has 0 fully saturated rings. The average molecular weight is 249 g/mol. The Balaban J connectivity index is 2.33. The zero-order valence-corrected chi connectivity index (χ0v) is 11.9. The maximum absolute atomic E-state index is 3.78. The van der Waals surface area contributed by atoms with Gasteiger partial charge in [-0.15, -0.1) is 0 Å². The van der Waals surface area contributed by atoms with Gasteiger partial charge in [-0.3, -0.25) is 0 Å². The third-order valence-electron chi connectivity index (χ3n) is 2.89. The molecule has 2 aromatic carbocycles. The van der Waals surface area contributed by atoms with Crippen LogP contribution in [0.25, 0.3) is 12.2 Å². The summed E-state index contributed by atoms with van der Waals surface area (Å²) < 4.78 is 0. The predicted molar refractivity (Wildman–Crippen MR) is 80.6 cm³/mol. The Morgan fingerprint density at radius 3 is 2.11 bits per heavy atom. The fraction of sp³-hybridized carbons (Fsp3) is 0.176. The van der Waals surface area contributed by atoms with Crippen LogP contribution in [0.3, 0.4) is 0 Å². The molecule has 0 atom stereocenters. The van der Waals surface area contributed by atoms with Crippen molar-refractivity contribution in [2.75, 3.05) is 0 Å². The SMILES string of the molecule is CC(C)([Si])c1ccccc1C=Cc1ccccc1. The van der Waals surface area contributed by atoms with Gasteiger partial charge in [0.05, 0.1) is 0 Å². The summed E-state index contributed by atoms with van der Waals surface area (Å²) in [6.07, 6.45) is 4.32. The molecule has 18 heavy (non-hydrogen) atoms. The molecule has 0 aliphatic heterocycles. The van der Waals surface area contributed by atoms with Crippen LogP contribution < -0.4 is 0 Å². The zero-order valence-electron chi connectivity index (χ0n) is 10.9. The number of benzene rings is 2. The summed E-state index contributed by atoms with van der Waals surface area (Å²) in [5.41, 5.74) is 3.77. The van der Waals surface area contributed by atoms with Crippen molar-refractivity contribution in [2.24, 2.45) is 0 Å². The summed E-state index contributed by atoms with van der Waals surface area (Å²) in [4.78, 5) is 0. The lowest BCUT2D eigenvalue weighted by Gasteiger charge is -2.21. The van der Waals surface area contributed by atoms with Crippen LogP contribution in [0.1, 0.15) is 30.5 Å². The maximum atomic E-state index is 3.78. The van der Waals surface area contributed by atoms with E-state index in [0.29, 0.717) is 0 Å². The van der Waals surface area contributed by atoms with Gasteiger partial charge in [0, 0.05) is 10.2 Å². The van der Waals surface area contributed by atoms with Crippen molar-refractivity contribution >= 4 is 22.4 Å². The molecule has 89 valence electrons. The number of hydrogen-bond donors (Lipinski definition) is 0. The first kappa shape index (κ1) is 12.8. The molecule has 0 heterocycles. The monoisotopic (exact) mass is 249 g/mol. The van der Waals surface area contributed by atoms with Crippen LogP contribution in [-0.4, -0.2) is 10.2 Å². The minimum absolute atomic E-state index is 0.0162. The predicted octanol–water partition coefficient (Wildman–Crippen LogP) is 4.26. The van der Waals surface area contributed by atoms with Gasteiger partial charge in [-0.2, -0.15) is 0 Å². The van der Waals surface area contributed by atoms with Crippen molar-refractivity contribution in [3.05, 3.63) is 71.3 Å². The van der Waals surface area contributed by atoms with Gasteiger partial charge in [-0.1, -0.05) is 80.6 Å². The van der Waals surface area contributed by atoms with Crippen molar-refractivity contribution in [3.63, 3.8) is 0 Å². The first-order valence-electron chi connectivity index (χ1n) is 6.15. The van der Waals surface area contributed by atoms with Crippen molar-refractivity contribution in [1.29, 1.82) is 0 Å². The Labute approximate surface area is 113 Å². The fourth-order valence-corrected chi connectivity index (χ4v) is 2.19. The molecule has 3 radical (unpaired) electrons. The molecule has 0 aliphatic rings. The molecule has 0 aliphatic carbocycles. The highest BCUT2D eigenvalue weighted by atomic mass is 28.1. The van der Waals surface area contributed by atoms with Gasteiger partial charge < -0.3 is 0 Å². The highest BCUT2D eigenvalue weighted by molar-refractivity contribution is 6.15. The molecular weight excluding hydrogens is 232 g/mol. The Bertz CT molecular complexity index is 533. The smallest absolute Gasteiger partial charge is 0.0371 e. The van der Waals surface area contributed by atoms with Crippen molar-refractivity contribution in [3.8, 4) is 0 Å². The van der Waals surface area contributed by atoms with E-state index in [2.05, 4.69) is 84.8 Å². The molecule has 1 heteroatoms. The normalized spacial score (nSPS) is 11.9. The van der Waals surface area contributed by atoms with Gasteiger partial charge in [-0.05, 0) is 21.7 Å². The number of hydrogen-bond acceptors (Lipinski definition) is 0. The summed E-state index contributed by atoms with van der Waals surface area (Å²) in [5, 5.41) is -0.0162. The van der Waals surface area contributed by atoms with E-state index in [9.17, 15) is 0 Å². The summed E-state index contributed by atoms with van der Waals surface area (Å²) >= 11 is 0. The summed E-state index contributed by atoms with van der Waals surface area (Å²) in [7, 11) is 3.78. The molecule has 0 spiro atoms. The van der Waals surface area contributed by atoms with Gasteiger partial charge in [0.1, 0.15) is 0 Å². The van der Waals surface area contributed by atoms with Crippen molar-refractivity contribution in [2.45, 2.75) is 18.9 Å². The van der Waals surface area contributed by atoms with E-state index in [1.54, 1.807) is 0 Å². The highest BCUT2D eigenvalue weighted by Gasteiger charge is 2.15. The quantitative estimate of drug-likeness (QED) is 0.563. The van der Waals surface area contributed by atoms with Crippen molar-refractivity contribution in [1.82, 2.24) is 0 Å². The van der Waals surface area contributed by atoms with Crippen LogP contribution in [0.5, 0.6) is 0 Å². The third-order valence-corrected chi connectivity index (χ3v) is 3.16. The molecule has 2 rings (SSSR count). The Morgan fingerprint density at radius 1 is 0.833 bits per heavy atom. The molecular formula is C17H17Si. The molecule has 0 amide bonds. The summed E-state index contributed by atoms with van der Waals surface area (Å²) in [6, 6.07) is 18.8. The molecule has 0 aromatic heterocycles. The van der Waals surface area contributed by atoms with Crippen LogP contribution in [0.15, 0.2) is 54.6 Å². The Morgan fingerprint density at radius 2 is 1.44 bits per heavy atom. The molecule has 0 bridgehead atoms. The summed E-state index contributed by atoms with van der Waals surface area (Å²) in [6.45, 7) is 4.33. The lowest BCUT2D eigenvalue weighted by Crippen LogP contribution is -2.17. The molecule has 0 nitrogen and oxygen atoms in total. The second kappa shape index (κ2) is 5.36. The van der Waals surface area contributed by atoms with Gasteiger partial charge in [-0.25, -0.2) is 0 Å². The second-order valence-electron chi connectivity index (χ2n) is 4.96. The average Bonchev–Trinajstić information content (AvgIpc) is 2.37. The van der Waals surface area contributed by atoms with E-state index in [1.807, 2.05) is 6.07 Å². The summed E-state index contributed by atoms with van der Waals surface area (Å²) in [5.74, 6) is 0. The van der Waals surface area contributed by atoms with E-state index in [0.717, 1.165) is 0 Å². The zero-order chi connectivity index (χ0) is 13.0. The topological polar surface area (TPSA) is 0 Å². The molecule has 0 unspecified atom stereocenters. The molecule has 0 saturated carbocycles. The second-order valence-corrected chi connectivity index (χ2v) is 6.21. The van der Waals surface area contributed by atoms with E-state index < -0.39 is 0 Å². The minimum atomic E-state index is -0.0162. The van der Waals surface area contributed by atoms with Crippen molar-refractivity contribution < 1.29 is 0 Å². The fourth-order valence-electron chi connectivity index (χ4n) is 1.96. The minimum Gasteiger partial charge on any atom is -0.0622 e. The maximum Gasteiger partial charge on any atom is 0.0371 e. The lowest BCUT2D eigenvalue weighted by molar-refractivity contribution is 0.762. The standard InChI is InChI=1S/C17H17Si/c1-17(2,18)16-11-7-6-10-15(16)13-12-14-8-4-3-5-9-14/h3-13H,1-2H3. The van der Waals surface area contributed by atoms with Crippen LogP contribution in [0.4, 0.5) is 0 Å². The molecule has 0 saturated heterocycles. The number of rotatable bonds is 3. The van der Waals surface area contributed by atoms with Gasteiger partial charge in [0.2, 0.25) is 0 Å². The van der Waals surface area contributed by atoms with Crippen LogP contribution in [0.2, 0.25) is 0 Å².